The maximum atomic E-state index is 10.7. The van der Waals surface area contributed by atoms with Gasteiger partial charge in [0.2, 0.25) is 0 Å². The topological polar surface area (TPSA) is 43.8 Å². The van der Waals surface area contributed by atoms with E-state index in [2.05, 4.69) is 16.8 Å². The second-order valence-corrected chi connectivity index (χ2v) is 5.64. The molecule has 0 bridgehead atoms. The molecular formula is C13H24N2O2. The van der Waals surface area contributed by atoms with E-state index in [1.54, 1.807) is 0 Å². The van der Waals surface area contributed by atoms with Crippen molar-refractivity contribution in [3.05, 3.63) is 0 Å². The second kappa shape index (κ2) is 5.83. The van der Waals surface area contributed by atoms with Gasteiger partial charge in [-0.1, -0.05) is 0 Å². The molecule has 0 radical (unpaired) electrons. The Balaban J connectivity index is 1.76. The number of hydrogen-bond acceptors (Lipinski definition) is 3. The molecule has 17 heavy (non-hydrogen) atoms. The van der Waals surface area contributed by atoms with Crippen LogP contribution in [0.1, 0.15) is 32.1 Å². The molecule has 0 aromatic rings. The van der Waals surface area contributed by atoms with Crippen LogP contribution in [0.5, 0.6) is 0 Å². The molecule has 2 heterocycles. The van der Waals surface area contributed by atoms with Crippen molar-refractivity contribution in [3.8, 4) is 0 Å². The summed E-state index contributed by atoms with van der Waals surface area (Å²) in [5.41, 5.74) is 0. The van der Waals surface area contributed by atoms with Gasteiger partial charge in [-0.05, 0) is 58.3 Å². The number of hydrogen-bond donors (Lipinski definition) is 1. The zero-order valence-corrected chi connectivity index (χ0v) is 10.8. The van der Waals surface area contributed by atoms with Crippen LogP contribution in [0.2, 0.25) is 0 Å². The molecule has 2 saturated heterocycles. The van der Waals surface area contributed by atoms with Crippen LogP contribution in [0.25, 0.3) is 0 Å². The number of carboxylic acids is 1. The Bertz CT molecular complexity index is 262. The van der Waals surface area contributed by atoms with Gasteiger partial charge in [-0.3, -0.25) is 9.69 Å². The van der Waals surface area contributed by atoms with Gasteiger partial charge in [-0.2, -0.15) is 0 Å². The molecule has 0 spiro atoms. The van der Waals surface area contributed by atoms with Gasteiger partial charge in [-0.15, -0.1) is 0 Å². The summed E-state index contributed by atoms with van der Waals surface area (Å²) in [7, 11) is 2.20. The molecule has 0 saturated carbocycles. The molecule has 4 nitrogen and oxygen atoms in total. The minimum Gasteiger partial charge on any atom is -0.481 e. The molecule has 0 aromatic carbocycles. The van der Waals surface area contributed by atoms with Gasteiger partial charge in [0.1, 0.15) is 0 Å². The van der Waals surface area contributed by atoms with Crippen LogP contribution in [0.4, 0.5) is 0 Å². The summed E-state index contributed by atoms with van der Waals surface area (Å²) in [6.45, 7) is 4.60. The van der Waals surface area contributed by atoms with Crippen molar-refractivity contribution < 1.29 is 9.90 Å². The van der Waals surface area contributed by atoms with Crippen molar-refractivity contribution in [2.75, 3.05) is 33.2 Å². The molecule has 2 aliphatic rings. The van der Waals surface area contributed by atoms with Crippen LogP contribution in [0, 0.1) is 5.92 Å². The maximum absolute atomic E-state index is 10.7. The number of piperidine rings is 2. The molecule has 1 unspecified atom stereocenters. The smallest absolute Gasteiger partial charge is 0.303 e. The fraction of sp³-hybridized carbons (Fsp3) is 0.923. The summed E-state index contributed by atoms with van der Waals surface area (Å²) in [4.78, 5) is 15.7. The minimum absolute atomic E-state index is 0.360. The first kappa shape index (κ1) is 12.8. The van der Waals surface area contributed by atoms with E-state index in [1.807, 2.05) is 0 Å². The van der Waals surface area contributed by atoms with E-state index in [0.717, 1.165) is 25.9 Å². The van der Waals surface area contributed by atoms with Crippen molar-refractivity contribution in [2.45, 2.75) is 38.1 Å². The molecule has 1 N–H and O–H groups in total. The largest absolute Gasteiger partial charge is 0.481 e. The molecule has 0 aromatic heterocycles. The minimum atomic E-state index is -0.638. The van der Waals surface area contributed by atoms with Crippen LogP contribution in [-0.2, 0) is 4.79 Å². The predicted molar refractivity (Wildman–Crippen MR) is 67.1 cm³/mol. The molecule has 1 atom stereocenters. The Kier molecular flexibility index (Phi) is 4.40. The highest BCUT2D eigenvalue weighted by atomic mass is 16.4. The summed E-state index contributed by atoms with van der Waals surface area (Å²) in [6.07, 6.45) is 5.10. The van der Waals surface area contributed by atoms with Crippen molar-refractivity contribution in [2.24, 2.45) is 5.92 Å². The van der Waals surface area contributed by atoms with E-state index in [1.165, 1.54) is 25.9 Å². The number of carbonyl (C=O) groups is 1. The van der Waals surface area contributed by atoms with Gasteiger partial charge in [0.25, 0.3) is 0 Å². The lowest BCUT2D eigenvalue weighted by Gasteiger charge is -2.41. The van der Waals surface area contributed by atoms with Crippen LogP contribution in [-0.4, -0.2) is 60.1 Å². The Morgan fingerprint density at radius 1 is 1.24 bits per heavy atom. The van der Waals surface area contributed by atoms with Crippen LogP contribution >= 0.6 is 0 Å². The Morgan fingerprint density at radius 3 is 2.53 bits per heavy atom. The lowest BCUT2D eigenvalue weighted by Crippen LogP contribution is -2.49. The molecule has 2 fully saturated rings. The van der Waals surface area contributed by atoms with E-state index in [4.69, 9.17) is 5.11 Å². The Morgan fingerprint density at radius 2 is 1.94 bits per heavy atom. The Hall–Kier alpha value is -0.610. The molecule has 98 valence electrons. The lowest BCUT2D eigenvalue weighted by molar-refractivity contribution is -0.138. The van der Waals surface area contributed by atoms with Crippen molar-refractivity contribution in [3.63, 3.8) is 0 Å². The van der Waals surface area contributed by atoms with Gasteiger partial charge >= 0.3 is 5.97 Å². The summed E-state index contributed by atoms with van der Waals surface area (Å²) in [6, 6.07) is 0.708. The maximum Gasteiger partial charge on any atom is 0.303 e. The van der Waals surface area contributed by atoms with E-state index >= 15 is 0 Å². The van der Waals surface area contributed by atoms with E-state index in [9.17, 15) is 4.79 Å². The number of rotatable bonds is 3. The normalized spacial score (nSPS) is 29.4. The predicted octanol–water partition coefficient (Wildman–Crippen LogP) is 1.27. The number of aliphatic carboxylic acids is 1. The monoisotopic (exact) mass is 240 g/mol. The first-order chi connectivity index (χ1) is 8.15. The van der Waals surface area contributed by atoms with Crippen LogP contribution in [0.3, 0.4) is 0 Å². The van der Waals surface area contributed by atoms with Gasteiger partial charge in [0.05, 0.1) is 0 Å². The molecular weight excluding hydrogens is 216 g/mol. The van der Waals surface area contributed by atoms with E-state index in [0.29, 0.717) is 18.4 Å². The molecule has 0 amide bonds. The highest BCUT2D eigenvalue weighted by molar-refractivity contribution is 5.67. The number of carboxylic acid groups (broad SMARTS) is 1. The quantitative estimate of drug-likeness (QED) is 0.807. The van der Waals surface area contributed by atoms with Gasteiger partial charge < -0.3 is 10.0 Å². The van der Waals surface area contributed by atoms with Gasteiger partial charge in [0.15, 0.2) is 0 Å². The highest BCUT2D eigenvalue weighted by Gasteiger charge is 2.28. The number of nitrogens with zero attached hydrogens (tertiary/aromatic N) is 2. The number of likely N-dealkylation sites (N-methyl/N-ethyl adjacent to an activating group) is 1. The van der Waals surface area contributed by atoms with Crippen molar-refractivity contribution >= 4 is 5.97 Å². The third kappa shape index (κ3) is 3.68. The zero-order valence-electron chi connectivity index (χ0n) is 10.8. The summed E-state index contributed by atoms with van der Waals surface area (Å²) in [5.74, 6) is -0.231. The lowest BCUT2D eigenvalue weighted by atomic mass is 9.91. The standard InChI is InChI=1S/C13H24N2O2/c1-14-6-2-3-12(10-14)15-7-4-11(5-8-15)9-13(16)17/h11-12H,2-10H2,1H3,(H,16,17). The first-order valence-corrected chi connectivity index (χ1v) is 6.79. The Labute approximate surface area is 104 Å². The third-order valence-corrected chi connectivity index (χ3v) is 4.23. The van der Waals surface area contributed by atoms with Crippen LogP contribution < -0.4 is 0 Å². The average Bonchev–Trinajstić information content (AvgIpc) is 2.29. The first-order valence-electron chi connectivity index (χ1n) is 6.79. The van der Waals surface area contributed by atoms with E-state index < -0.39 is 5.97 Å². The summed E-state index contributed by atoms with van der Waals surface area (Å²) >= 11 is 0. The second-order valence-electron chi connectivity index (χ2n) is 5.64. The average molecular weight is 240 g/mol. The van der Waals surface area contributed by atoms with Crippen molar-refractivity contribution in [1.82, 2.24) is 9.80 Å². The molecule has 2 rings (SSSR count). The van der Waals surface area contributed by atoms with E-state index in [-0.39, 0.29) is 0 Å². The van der Waals surface area contributed by atoms with Gasteiger partial charge in [0, 0.05) is 19.0 Å². The number of likely N-dealkylation sites (tertiary alicyclic amines) is 2. The highest BCUT2D eigenvalue weighted by Crippen LogP contribution is 2.24. The third-order valence-electron chi connectivity index (χ3n) is 4.23. The van der Waals surface area contributed by atoms with Crippen LogP contribution in [0.15, 0.2) is 0 Å². The fourth-order valence-electron chi connectivity index (χ4n) is 3.21. The summed E-state index contributed by atoms with van der Waals surface area (Å²) in [5, 5.41) is 8.79. The zero-order chi connectivity index (χ0) is 12.3. The SMILES string of the molecule is CN1CCCC(N2CCC(CC(=O)O)CC2)C1. The fourth-order valence-corrected chi connectivity index (χ4v) is 3.21. The summed E-state index contributed by atoms with van der Waals surface area (Å²) < 4.78 is 0. The molecule has 2 aliphatic heterocycles. The van der Waals surface area contributed by atoms with Gasteiger partial charge in [-0.25, -0.2) is 0 Å². The molecule has 0 aliphatic carbocycles. The molecule has 4 heteroatoms. The van der Waals surface area contributed by atoms with Crippen molar-refractivity contribution in [1.29, 1.82) is 0 Å².